The fourth-order valence-electron chi connectivity index (χ4n) is 4.84. The molecule has 0 aliphatic carbocycles. The predicted octanol–water partition coefficient (Wildman–Crippen LogP) is 5.35. The van der Waals surface area contributed by atoms with Gasteiger partial charge in [0.25, 0.3) is 0 Å². The van der Waals surface area contributed by atoms with Crippen molar-refractivity contribution >= 4 is 21.9 Å². The fourth-order valence-corrected chi connectivity index (χ4v) is 4.84. The van der Waals surface area contributed by atoms with E-state index in [1.807, 2.05) is 45.9 Å². The summed E-state index contributed by atoms with van der Waals surface area (Å²) in [6.45, 7) is 7.97. The summed E-state index contributed by atoms with van der Waals surface area (Å²) in [5, 5.41) is 12.2. The van der Waals surface area contributed by atoms with E-state index in [9.17, 15) is 14.7 Å². The molecule has 0 amide bonds. The van der Waals surface area contributed by atoms with Crippen molar-refractivity contribution in [3.63, 3.8) is 0 Å². The van der Waals surface area contributed by atoms with Crippen LogP contribution in [0, 0.1) is 0 Å². The molecule has 34 heavy (non-hydrogen) atoms. The van der Waals surface area contributed by atoms with E-state index in [0.29, 0.717) is 27.7 Å². The van der Waals surface area contributed by atoms with Gasteiger partial charge in [-0.1, -0.05) is 52.0 Å². The monoisotopic (exact) mass is 462 g/mol. The zero-order valence-corrected chi connectivity index (χ0v) is 19.7. The average Bonchev–Trinajstić information content (AvgIpc) is 3.18. The summed E-state index contributed by atoms with van der Waals surface area (Å²) >= 11 is 0. The van der Waals surface area contributed by atoms with Crippen LogP contribution in [0.5, 0.6) is 11.5 Å². The summed E-state index contributed by atoms with van der Waals surface area (Å²) in [5.41, 5.74) is 1.07. The van der Waals surface area contributed by atoms with Crippen molar-refractivity contribution in [1.29, 1.82) is 0 Å². The maximum atomic E-state index is 13.3. The molecule has 5 rings (SSSR count). The number of hydrogen-bond donors (Lipinski definition) is 1. The minimum Gasteiger partial charge on any atom is -0.507 e. The van der Waals surface area contributed by atoms with Crippen molar-refractivity contribution in [2.45, 2.75) is 51.7 Å². The molecule has 1 N–H and O–H groups in total. The van der Waals surface area contributed by atoms with E-state index in [1.54, 1.807) is 18.2 Å². The second kappa shape index (κ2) is 8.02. The molecule has 3 heterocycles. The lowest BCUT2D eigenvalue weighted by Gasteiger charge is -2.18. The van der Waals surface area contributed by atoms with Gasteiger partial charge in [-0.05, 0) is 35.1 Å². The van der Waals surface area contributed by atoms with Gasteiger partial charge in [-0.3, -0.25) is 0 Å². The first-order valence-corrected chi connectivity index (χ1v) is 11.3. The first-order valence-electron chi connectivity index (χ1n) is 11.3. The summed E-state index contributed by atoms with van der Waals surface area (Å²) in [6, 6.07) is 10.9. The van der Waals surface area contributed by atoms with Crippen molar-refractivity contribution in [3.05, 3.63) is 79.5 Å². The molecule has 4 aromatic rings. The highest BCUT2D eigenvalue weighted by atomic mass is 16.7. The first-order chi connectivity index (χ1) is 16.2. The van der Waals surface area contributed by atoms with Gasteiger partial charge in [0.1, 0.15) is 22.7 Å². The Balaban J connectivity index is 1.82. The Labute approximate surface area is 195 Å². The van der Waals surface area contributed by atoms with Gasteiger partial charge in [0.15, 0.2) is 0 Å². The second-order valence-corrected chi connectivity index (χ2v) is 9.24. The Morgan fingerprint density at radius 1 is 0.824 bits per heavy atom. The highest BCUT2D eigenvalue weighted by molar-refractivity contribution is 5.90. The molecule has 0 bridgehead atoms. The van der Waals surface area contributed by atoms with Gasteiger partial charge in [-0.15, -0.1) is 0 Å². The topological polar surface area (TPSA) is 99.1 Å². The highest BCUT2D eigenvalue weighted by Crippen LogP contribution is 2.47. The Morgan fingerprint density at radius 2 is 1.35 bits per heavy atom. The molecule has 1 aliphatic rings. The van der Waals surface area contributed by atoms with E-state index >= 15 is 0 Å². The van der Waals surface area contributed by atoms with Crippen molar-refractivity contribution in [3.8, 4) is 11.5 Å². The summed E-state index contributed by atoms with van der Waals surface area (Å²) < 4.78 is 23.1. The fraction of sp³-hybridized carbons (Fsp3) is 0.333. The smallest absolute Gasteiger partial charge is 0.344 e. The molecule has 0 saturated heterocycles. The van der Waals surface area contributed by atoms with Crippen LogP contribution < -0.4 is 16.0 Å². The standard InChI is InChI=1S/C27H26O7/c1-12(2)14-8-6-10-16-21(28)19(25(29)32-22(14)16)18-20-24(34-27(18)31-5)17-11-7-9-15(13(3)4)23(17)33-26(20)30/h6-13,18,27-28H,1-5H3. The van der Waals surface area contributed by atoms with Crippen LogP contribution in [-0.2, 0) is 4.74 Å². The molecule has 2 aromatic heterocycles. The van der Waals surface area contributed by atoms with E-state index in [1.165, 1.54) is 7.11 Å². The number of aromatic hydroxyl groups is 1. The van der Waals surface area contributed by atoms with Gasteiger partial charge >= 0.3 is 11.3 Å². The number of hydrogen-bond acceptors (Lipinski definition) is 7. The Kier molecular flexibility index (Phi) is 5.24. The SMILES string of the molecule is COC1Oc2c(c(=O)oc3c(C(C)C)cccc23)C1c1c(O)c2cccc(C(C)C)c2oc1=O. The molecule has 0 spiro atoms. The number of methoxy groups -OCH3 is 1. The van der Waals surface area contributed by atoms with Crippen LogP contribution in [0.2, 0.25) is 0 Å². The Hall–Kier alpha value is -3.58. The average molecular weight is 462 g/mol. The molecule has 1 aliphatic heterocycles. The summed E-state index contributed by atoms with van der Waals surface area (Å²) in [6.07, 6.45) is -1.02. The summed E-state index contributed by atoms with van der Waals surface area (Å²) in [4.78, 5) is 26.5. The minimum absolute atomic E-state index is 0.0768. The lowest BCUT2D eigenvalue weighted by Crippen LogP contribution is -2.28. The third-order valence-electron chi connectivity index (χ3n) is 6.52. The predicted molar refractivity (Wildman–Crippen MR) is 128 cm³/mol. The van der Waals surface area contributed by atoms with Crippen LogP contribution >= 0.6 is 0 Å². The Morgan fingerprint density at radius 3 is 1.91 bits per heavy atom. The highest BCUT2D eigenvalue weighted by Gasteiger charge is 2.44. The summed E-state index contributed by atoms with van der Waals surface area (Å²) in [7, 11) is 1.42. The number of para-hydroxylation sites is 2. The van der Waals surface area contributed by atoms with E-state index in [4.69, 9.17) is 18.3 Å². The lowest BCUT2D eigenvalue weighted by molar-refractivity contribution is -0.0472. The zero-order valence-electron chi connectivity index (χ0n) is 19.7. The molecule has 7 nitrogen and oxygen atoms in total. The zero-order chi connectivity index (χ0) is 24.3. The van der Waals surface area contributed by atoms with Gasteiger partial charge in [0.2, 0.25) is 6.29 Å². The van der Waals surface area contributed by atoms with Crippen LogP contribution in [0.3, 0.4) is 0 Å². The quantitative estimate of drug-likeness (QED) is 0.408. The van der Waals surface area contributed by atoms with Gasteiger partial charge in [0.05, 0.1) is 27.8 Å². The maximum absolute atomic E-state index is 13.3. The van der Waals surface area contributed by atoms with Crippen LogP contribution in [0.1, 0.15) is 67.7 Å². The van der Waals surface area contributed by atoms with E-state index in [-0.39, 0.29) is 28.7 Å². The maximum Gasteiger partial charge on any atom is 0.344 e. The van der Waals surface area contributed by atoms with Gasteiger partial charge in [-0.2, -0.15) is 0 Å². The Bertz CT molecular complexity index is 1540. The minimum atomic E-state index is -1.02. The largest absolute Gasteiger partial charge is 0.507 e. The van der Waals surface area contributed by atoms with Gasteiger partial charge in [-0.25, -0.2) is 9.59 Å². The molecular formula is C27H26O7. The van der Waals surface area contributed by atoms with Crippen molar-refractivity contribution in [2.75, 3.05) is 7.11 Å². The van der Waals surface area contributed by atoms with Crippen LogP contribution in [-0.4, -0.2) is 18.5 Å². The second-order valence-electron chi connectivity index (χ2n) is 9.24. The normalized spacial score (nSPS) is 17.6. The lowest BCUT2D eigenvalue weighted by atomic mass is 9.90. The molecule has 0 fully saturated rings. The number of ether oxygens (including phenoxy) is 2. The molecule has 0 saturated carbocycles. The molecule has 176 valence electrons. The van der Waals surface area contributed by atoms with E-state index in [2.05, 4.69) is 0 Å². The molecule has 2 unspecified atom stereocenters. The van der Waals surface area contributed by atoms with Crippen molar-refractivity contribution < 1.29 is 23.4 Å². The van der Waals surface area contributed by atoms with Crippen molar-refractivity contribution in [1.82, 2.24) is 0 Å². The molecule has 0 radical (unpaired) electrons. The number of benzene rings is 2. The molecule has 7 heteroatoms. The number of rotatable bonds is 4. The van der Waals surface area contributed by atoms with Crippen LogP contribution in [0.25, 0.3) is 21.9 Å². The van der Waals surface area contributed by atoms with E-state index < -0.39 is 23.5 Å². The third kappa shape index (κ3) is 3.15. The van der Waals surface area contributed by atoms with Gasteiger partial charge in [0, 0.05) is 7.11 Å². The van der Waals surface area contributed by atoms with Gasteiger partial charge < -0.3 is 23.4 Å². The van der Waals surface area contributed by atoms with Crippen LogP contribution in [0.15, 0.2) is 54.8 Å². The first kappa shape index (κ1) is 22.2. The summed E-state index contributed by atoms with van der Waals surface area (Å²) in [5.74, 6) is -0.792. The third-order valence-corrected chi connectivity index (χ3v) is 6.52. The molecular weight excluding hydrogens is 436 g/mol. The van der Waals surface area contributed by atoms with Crippen LogP contribution in [0.4, 0.5) is 0 Å². The van der Waals surface area contributed by atoms with E-state index in [0.717, 1.165) is 11.1 Å². The van der Waals surface area contributed by atoms with Crippen molar-refractivity contribution in [2.24, 2.45) is 0 Å². The molecule has 2 aromatic carbocycles. The molecule has 2 atom stereocenters. The number of fused-ring (bicyclic) bond motifs is 4.